The van der Waals surface area contributed by atoms with E-state index in [0.29, 0.717) is 12.2 Å². The van der Waals surface area contributed by atoms with E-state index in [0.717, 1.165) is 23.4 Å². The lowest BCUT2D eigenvalue weighted by Gasteiger charge is -2.20. The Kier molecular flexibility index (Phi) is 7.23. The molecule has 0 spiro atoms. The van der Waals surface area contributed by atoms with Crippen LogP contribution in [0.3, 0.4) is 0 Å². The quantitative estimate of drug-likeness (QED) is 0.731. The molecule has 0 saturated heterocycles. The zero-order valence-corrected chi connectivity index (χ0v) is 15.8. The summed E-state index contributed by atoms with van der Waals surface area (Å²) in [4.78, 5) is 24.7. The van der Waals surface area contributed by atoms with E-state index < -0.39 is 12.6 Å². The maximum atomic E-state index is 12.6. The predicted molar refractivity (Wildman–Crippen MR) is 103 cm³/mol. The average Bonchev–Trinajstić information content (AvgIpc) is 2.66. The molecule has 6 nitrogen and oxygen atoms in total. The maximum Gasteiger partial charge on any atom is 0.341 e. The van der Waals surface area contributed by atoms with E-state index in [9.17, 15) is 9.59 Å². The highest BCUT2D eigenvalue weighted by Gasteiger charge is 2.16. The van der Waals surface area contributed by atoms with Gasteiger partial charge in [0.15, 0.2) is 6.61 Å². The molecule has 1 atom stereocenters. The Bertz CT molecular complexity index is 772. The number of rotatable bonds is 9. The van der Waals surface area contributed by atoms with Crippen LogP contribution in [0.2, 0.25) is 0 Å². The highest BCUT2D eigenvalue weighted by molar-refractivity contribution is 5.93. The molecule has 144 valence electrons. The smallest absolute Gasteiger partial charge is 0.341 e. The molecule has 0 heterocycles. The molecule has 0 fully saturated rings. The summed E-state index contributed by atoms with van der Waals surface area (Å²) >= 11 is 0. The molecule has 0 saturated carbocycles. The molecular formula is C21H25NO5. The van der Waals surface area contributed by atoms with Crippen molar-refractivity contribution in [2.75, 3.05) is 25.7 Å². The number of anilines is 1. The Balaban J connectivity index is 1.93. The third-order valence-electron chi connectivity index (χ3n) is 4.24. The number of amides is 1. The van der Waals surface area contributed by atoms with Crippen LogP contribution in [0.25, 0.3) is 0 Å². The monoisotopic (exact) mass is 371 g/mol. The van der Waals surface area contributed by atoms with Crippen LogP contribution in [0.4, 0.5) is 5.69 Å². The van der Waals surface area contributed by atoms with Gasteiger partial charge in [-0.2, -0.15) is 0 Å². The number of aliphatic carboxylic acids is 1. The molecular weight excluding hydrogens is 346 g/mol. The summed E-state index contributed by atoms with van der Waals surface area (Å²) in [5, 5.41) is 8.63. The van der Waals surface area contributed by atoms with Gasteiger partial charge in [0, 0.05) is 19.2 Å². The number of carboxylic acid groups (broad SMARTS) is 1. The number of benzene rings is 2. The standard InChI is InChI=1S/C21H25NO5/c1-15(12-16-6-4-5-7-19(16)26-3)13-20(23)22(2)17-8-10-18(11-9-17)27-14-21(24)25/h4-11,15H,12-14H2,1-3H3,(H,24,25). The van der Waals surface area contributed by atoms with Crippen LogP contribution in [-0.4, -0.2) is 37.7 Å². The van der Waals surface area contributed by atoms with E-state index in [2.05, 4.69) is 0 Å². The lowest BCUT2D eigenvalue weighted by atomic mass is 9.97. The average molecular weight is 371 g/mol. The van der Waals surface area contributed by atoms with Crippen molar-refractivity contribution in [3.05, 3.63) is 54.1 Å². The molecule has 1 unspecified atom stereocenters. The lowest BCUT2D eigenvalue weighted by Crippen LogP contribution is -2.28. The third-order valence-corrected chi connectivity index (χ3v) is 4.24. The fraction of sp³-hybridized carbons (Fsp3) is 0.333. The Morgan fingerprint density at radius 2 is 1.78 bits per heavy atom. The molecule has 2 aromatic rings. The van der Waals surface area contributed by atoms with Crippen molar-refractivity contribution in [3.63, 3.8) is 0 Å². The van der Waals surface area contributed by atoms with Crippen LogP contribution >= 0.6 is 0 Å². The van der Waals surface area contributed by atoms with E-state index in [-0.39, 0.29) is 11.8 Å². The van der Waals surface area contributed by atoms with Crippen LogP contribution in [-0.2, 0) is 16.0 Å². The zero-order chi connectivity index (χ0) is 19.8. The first kappa shape index (κ1) is 20.3. The second-order valence-corrected chi connectivity index (χ2v) is 6.45. The van der Waals surface area contributed by atoms with Crippen molar-refractivity contribution in [1.82, 2.24) is 0 Å². The first-order valence-corrected chi connectivity index (χ1v) is 8.73. The van der Waals surface area contributed by atoms with E-state index in [4.69, 9.17) is 14.6 Å². The largest absolute Gasteiger partial charge is 0.496 e. The SMILES string of the molecule is COc1ccccc1CC(C)CC(=O)N(C)c1ccc(OCC(=O)O)cc1. The maximum absolute atomic E-state index is 12.6. The van der Waals surface area contributed by atoms with Crippen LogP contribution in [0, 0.1) is 5.92 Å². The van der Waals surface area contributed by atoms with E-state index in [1.165, 1.54) is 0 Å². The van der Waals surface area contributed by atoms with Gasteiger partial charge in [-0.3, -0.25) is 4.79 Å². The first-order valence-electron chi connectivity index (χ1n) is 8.73. The van der Waals surface area contributed by atoms with Crippen LogP contribution in [0.1, 0.15) is 18.9 Å². The molecule has 1 N–H and O–H groups in total. The Hall–Kier alpha value is -3.02. The molecule has 27 heavy (non-hydrogen) atoms. The summed E-state index contributed by atoms with van der Waals surface area (Å²) in [5.74, 6) is 0.426. The number of carbonyl (C=O) groups is 2. The summed E-state index contributed by atoms with van der Waals surface area (Å²) in [6.45, 7) is 1.65. The number of para-hydroxylation sites is 1. The molecule has 0 aliphatic rings. The molecule has 6 heteroatoms. The molecule has 0 bridgehead atoms. The second-order valence-electron chi connectivity index (χ2n) is 6.45. The number of carboxylic acids is 1. The molecule has 2 rings (SSSR count). The van der Waals surface area contributed by atoms with Gasteiger partial charge in [-0.1, -0.05) is 25.1 Å². The van der Waals surface area contributed by atoms with Gasteiger partial charge in [0.1, 0.15) is 11.5 Å². The Morgan fingerprint density at radius 3 is 2.41 bits per heavy atom. The van der Waals surface area contributed by atoms with Crippen molar-refractivity contribution in [2.24, 2.45) is 5.92 Å². The van der Waals surface area contributed by atoms with Gasteiger partial charge in [-0.05, 0) is 48.2 Å². The molecule has 2 aromatic carbocycles. The minimum Gasteiger partial charge on any atom is -0.496 e. The zero-order valence-electron chi connectivity index (χ0n) is 15.8. The van der Waals surface area contributed by atoms with Crippen LogP contribution < -0.4 is 14.4 Å². The number of nitrogens with zero attached hydrogens (tertiary/aromatic N) is 1. The first-order chi connectivity index (χ1) is 12.9. The number of carbonyl (C=O) groups excluding carboxylic acids is 1. The van der Waals surface area contributed by atoms with Gasteiger partial charge < -0.3 is 19.5 Å². The summed E-state index contributed by atoms with van der Waals surface area (Å²) in [7, 11) is 3.37. The normalized spacial score (nSPS) is 11.5. The Labute approximate surface area is 159 Å². The van der Waals surface area contributed by atoms with Gasteiger partial charge in [-0.25, -0.2) is 4.79 Å². The minimum atomic E-state index is -1.03. The van der Waals surface area contributed by atoms with Gasteiger partial charge in [0.2, 0.25) is 5.91 Å². The highest BCUT2D eigenvalue weighted by Crippen LogP contribution is 2.24. The van der Waals surface area contributed by atoms with Crippen LogP contribution in [0.5, 0.6) is 11.5 Å². The van der Waals surface area contributed by atoms with E-state index in [1.807, 2.05) is 31.2 Å². The number of hydrogen-bond acceptors (Lipinski definition) is 4. The topological polar surface area (TPSA) is 76.1 Å². The third kappa shape index (κ3) is 6.02. The van der Waals surface area contributed by atoms with Gasteiger partial charge >= 0.3 is 5.97 Å². The number of methoxy groups -OCH3 is 1. The van der Waals surface area contributed by atoms with Gasteiger partial charge in [-0.15, -0.1) is 0 Å². The van der Waals surface area contributed by atoms with Gasteiger partial charge in [0.05, 0.1) is 7.11 Å². The molecule has 0 aliphatic heterocycles. The fourth-order valence-electron chi connectivity index (χ4n) is 2.81. The summed E-state index contributed by atoms with van der Waals surface area (Å²) in [6, 6.07) is 14.6. The summed E-state index contributed by atoms with van der Waals surface area (Å²) in [5.41, 5.74) is 1.81. The lowest BCUT2D eigenvalue weighted by molar-refractivity contribution is -0.139. The minimum absolute atomic E-state index is 0.0107. The van der Waals surface area contributed by atoms with Crippen molar-refractivity contribution in [2.45, 2.75) is 19.8 Å². The number of ether oxygens (including phenoxy) is 2. The Morgan fingerprint density at radius 1 is 1.11 bits per heavy atom. The molecule has 1 amide bonds. The molecule has 0 aromatic heterocycles. The van der Waals surface area contributed by atoms with Crippen molar-refractivity contribution >= 4 is 17.6 Å². The molecule has 0 radical (unpaired) electrons. The number of hydrogen-bond donors (Lipinski definition) is 1. The molecule has 0 aliphatic carbocycles. The summed E-state index contributed by atoms with van der Waals surface area (Å²) < 4.78 is 10.5. The fourth-order valence-corrected chi connectivity index (χ4v) is 2.81. The highest BCUT2D eigenvalue weighted by atomic mass is 16.5. The van der Waals surface area contributed by atoms with Crippen molar-refractivity contribution in [1.29, 1.82) is 0 Å². The predicted octanol–water partition coefficient (Wildman–Crippen LogP) is 3.39. The second kappa shape index (κ2) is 9.62. The van der Waals surface area contributed by atoms with Crippen LogP contribution in [0.15, 0.2) is 48.5 Å². The van der Waals surface area contributed by atoms with Gasteiger partial charge in [0.25, 0.3) is 0 Å². The van der Waals surface area contributed by atoms with E-state index in [1.54, 1.807) is 43.3 Å². The van der Waals surface area contributed by atoms with E-state index >= 15 is 0 Å². The van der Waals surface area contributed by atoms with Crippen molar-refractivity contribution in [3.8, 4) is 11.5 Å². The van der Waals surface area contributed by atoms with Crippen molar-refractivity contribution < 1.29 is 24.2 Å². The summed E-state index contributed by atoms with van der Waals surface area (Å²) in [6.07, 6.45) is 1.16.